The molecule has 32 heavy (non-hydrogen) atoms. The Morgan fingerprint density at radius 1 is 1.22 bits per heavy atom. The fraction of sp³-hybridized carbons (Fsp3) is 0.320. The topological polar surface area (TPSA) is 73.8 Å². The lowest BCUT2D eigenvalue weighted by Crippen LogP contribution is -2.39. The maximum Gasteiger partial charge on any atom is 0.338 e. The van der Waals surface area contributed by atoms with Gasteiger partial charge in [-0.2, -0.15) is 0 Å². The molecule has 0 amide bonds. The number of hydrogen-bond acceptors (Lipinski definition) is 6. The molecule has 6 nitrogen and oxygen atoms in total. The molecular weight excluding hydrogens is 424 g/mol. The van der Waals surface area contributed by atoms with Gasteiger partial charge >= 0.3 is 5.97 Å². The van der Waals surface area contributed by atoms with Gasteiger partial charge in [0.2, 0.25) is 0 Å². The summed E-state index contributed by atoms with van der Waals surface area (Å²) in [6.07, 6.45) is 1.72. The first-order valence-corrected chi connectivity index (χ1v) is 11.5. The Morgan fingerprint density at radius 3 is 2.53 bits per heavy atom. The second kappa shape index (κ2) is 8.74. The molecule has 3 heterocycles. The Hall–Kier alpha value is -3.19. The standard InChI is InChI=1S/C25H26N2O4S/c1-6-30-24(29)21-16(5)26-25-27(22(21)18-10-8-17(9-11-18)14(2)3)23(28)20(32-25)13-19-12-7-15(4)31-19/h7-14,22H,6H2,1-5H3/b20-13+/t22-/m1/s1. The van der Waals surface area contributed by atoms with E-state index in [0.29, 0.717) is 32.3 Å². The van der Waals surface area contributed by atoms with Gasteiger partial charge in [-0.25, -0.2) is 9.79 Å². The van der Waals surface area contributed by atoms with Crippen molar-refractivity contribution in [2.24, 2.45) is 4.99 Å². The summed E-state index contributed by atoms with van der Waals surface area (Å²) in [7, 11) is 0. The number of allylic oxidation sites excluding steroid dienone is 1. The summed E-state index contributed by atoms with van der Waals surface area (Å²) in [5, 5.41) is 0. The first-order valence-electron chi connectivity index (χ1n) is 10.7. The van der Waals surface area contributed by atoms with Crippen molar-refractivity contribution in [1.29, 1.82) is 0 Å². The van der Waals surface area contributed by atoms with Crippen molar-refractivity contribution in [3.8, 4) is 0 Å². The fourth-order valence-corrected chi connectivity index (χ4v) is 4.86. The zero-order valence-corrected chi connectivity index (χ0v) is 19.7. The monoisotopic (exact) mass is 450 g/mol. The summed E-state index contributed by atoms with van der Waals surface area (Å²) in [4.78, 5) is 31.5. The molecule has 166 valence electrons. The molecule has 1 aliphatic rings. The van der Waals surface area contributed by atoms with Crippen LogP contribution in [-0.4, -0.2) is 17.1 Å². The van der Waals surface area contributed by atoms with Crippen LogP contribution in [0.25, 0.3) is 6.08 Å². The number of carbonyl (C=O) groups excluding carboxylic acids is 1. The van der Waals surface area contributed by atoms with E-state index < -0.39 is 12.0 Å². The van der Waals surface area contributed by atoms with E-state index in [1.54, 1.807) is 24.5 Å². The molecule has 0 bridgehead atoms. The van der Waals surface area contributed by atoms with E-state index in [1.165, 1.54) is 16.9 Å². The number of fused-ring (bicyclic) bond motifs is 1. The van der Waals surface area contributed by atoms with E-state index in [4.69, 9.17) is 9.15 Å². The highest BCUT2D eigenvalue weighted by molar-refractivity contribution is 7.07. The smallest absolute Gasteiger partial charge is 0.338 e. The average Bonchev–Trinajstić information content (AvgIpc) is 3.30. The highest BCUT2D eigenvalue weighted by Gasteiger charge is 2.33. The molecular formula is C25H26N2O4S. The maximum absolute atomic E-state index is 13.5. The van der Waals surface area contributed by atoms with Crippen molar-refractivity contribution < 1.29 is 13.9 Å². The van der Waals surface area contributed by atoms with E-state index >= 15 is 0 Å². The zero-order valence-electron chi connectivity index (χ0n) is 18.8. The molecule has 0 spiro atoms. The second-order valence-electron chi connectivity index (χ2n) is 8.07. The molecule has 0 aliphatic carbocycles. The SMILES string of the molecule is CCOC(=O)C1=C(C)N=c2s/c(=C/c3ccc(C)o3)c(=O)n2[C@@H]1c1ccc(C(C)C)cc1. The number of aromatic nitrogens is 1. The highest BCUT2D eigenvalue weighted by Crippen LogP contribution is 2.31. The number of benzene rings is 1. The molecule has 0 fully saturated rings. The van der Waals surface area contributed by atoms with Gasteiger partial charge in [-0.05, 0) is 49.9 Å². The zero-order chi connectivity index (χ0) is 23.0. The Labute approximate surface area is 190 Å². The molecule has 1 aromatic carbocycles. The van der Waals surface area contributed by atoms with E-state index in [2.05, 4.69) is 18.8 Å². The normalized spacial score (nSPS) is 16.3. The van der Waals surface area contributed by atoms with E-state index in [-0.39, 0.29) is 12.2 Å². The summed E-state index contributed by atoms with van der Waals surface area (Å²) >= 11 is 1.29. The third-order valence-corrected chi connectivity index (χ3v) is 6.45. The van der Waals surface area contributed by atoms with Crippen LogP contribution in [0.3, 0.4) is 0 Å². The summed E-state index contributed by atoms with van der Waals surface area (Å²) in [6, 6.07) is 11.1. The van der Waals surface area contributed by atoms with Crippen LogP contribution in [0.1, 0.15) is 62.3 Å². The highest BCUT2D eigenvalue weighted by atomic mass is 32.1. The van der Waals surface area contributed by atoms with Gasteiger partial charge in [-0.3, -0.25) is 9.36 Å². The Balaban J connectivity index is 1.93. The lowest BCUT2D eigenvalue weighted by atomic mass is 9.93. The van der Waals surface area contributed by atoms with Crippen molar-refractivity contribution in [1.82, 2.24) is 4.57 Å². The molecule has 0 saturated heterocycles. The Morgan fingerprint density at radius 2 is 1.94 bits per heavy atom. The van der Waals surface area contributed by atoms with Crippen molar-refractivity contribution in [3.63, 3.8) is 0 Å². The van der Waals surface area contributed by atoms with Crippen LogP contribution in [0.15, 0.2) is 61.9 Å². The van der Waals surface area contributed by atoms with Crippen LogP contribution in [-0.2, 0) is 9.53 Å². The molecule has 0 radical (unpaired) electrons. The molecule has 3 aromatic rings. The molecule has 0 saturated carbocycles. The van der Waals surface area contributed by atoms with Crippen LogP contribution in [0.2, 0.25) is 0 Å². The summed E-state index contributed by atoms with van der Waals surface area (Å²) in [5.41, 5.74) is 2.76. The van der Waals surface area contributed by atoms with Crippen LogP contribution < -0.4 is 14.9 Å². The summed E-state index contributed by atoms with van der Waals surface area (Å²) in [6.45, 7) is 9.91. The number of esters is 1. The van der Waals surface area contributed by atoms with Gasteiger partial charge in [0.05, 0.1) is 28.5 Å². The Kier molecular flexibility index (Phi) is 6.02. The number of aryl methyl sites for hydroxylation is 1. The molecule has 0 unspecified atom stereocenters. The van der Waals surface area contributed by atoms with Gasteiger partial charge in [0, 0.05) is 6.08 Å². The van der Waals surface area contributed by atoms with Gasteiger partial charge in [0.25, 0.3) is 5.56 Å². The van der Waals surface area contributed by atoms with E-state index in [0.717, 1.165) is 11.3 Å². The average molecular weight is 451 g/mol. The largest absolute Gasteiger partial charge is 0.463 e. The van der Waals surface area contributed by atoms with E-state index in [9.17, 15) is 9.59 Å². The molecule has 1 atom stereocenters. The lowest BCUT2D eigenvalue weighted by Gasteiger charge is -2.25. The van der Waals surface area contributed by atoms with Crippen molar-refractivity contribution in [2.45, 2.75) is 46.6 Å². The van der Waals surface area contributed by atoms with E-state index in [1.807, 2.05) is 43.3 Å². The molecule has 4 rings (SSSR count). The molecule has 1 aliphatic heterocycles. The lowest BCUT2D eigenvalue weighted by molar-refractivity contribution is -0.139. The number of rotatable bonds is 5. The Bertz CT molecular complexity index is 1370. The number of thiazole rings is 1. The molecule has 0 N–H and O–H groups in total. The maximum atomic E-state index is 13.5. The van der Waals surface area contributed by atoms with Crippen molar-refractivity contribution in [2.75, 3.05) is 6.61 Å². The van der Waals surface area contributed by atoms with Crippen LogP contribution in [0.4, 0.5) is 0 Å². The predicted octanol–water partition coefficient (Wildman–Crippen LogP) is 3.82. The van der Waals surface area contributed by atoms with Crippen LogP contribution in [0, 0.1) is 6.92 Å². The minimum atomic E-state index is -0.605. The van der Waals surface area contributed by atoms with Gasteiger partial charge < -0.3 is 9.15 Å². The third-order valence-electron chi connectivity index (χ3n) is 5.47. The van der Waals surface area contributed by atoms with Gasteiger partial charge in [-0.15, -0.1) is 0 Å². The van der Waals surface area contributed by atoms with Crippen LogP contribution >= 0.6 is 11.3 Å². The predicted molar refractivity (Wildman–Crippen MR) is 124 cm³/mol. The van der Waals surface area contributed by atoms with Crippen molar-refractivity contribution >= 4 is 23.4 Å². The van der Waals surface area contributed by atoms with Gasteiger partial charge in [-0.1, -0.05) is 49.4 Å². The number of furan rings is 1. The third kappa shape index (κ3) is 4.00. The number of carbonyl (C=O) groups is 1. The number of ether oxygens (including phenoxy) is 1. The minimum Gasteiger partial charge on any atom is -0.463 e. The van der Waals surface area contributed by atoms with Crippen molar-refractivity contribution in [3.05, 3.63) is 90.0 Å². The quantitative estimate of drug-likeness (QED) is 0.554. The van der Waals surface area contributed by atoms with Gasteiger partial charge in [0.1, 0.15) is 11.5 Å². The molecule has 7 heteroatoms. The number of hydrogen-bond donors (Lipinski definition) is 0. The first-order chi connectivity index (χ1) is 15.3. The van der Waals surface area contributed by atoms with Crippen LogP contribution in [0.5, 0.6) is 0 Å². The second-order valence-corrected chi connectivity index (χ2v) is 9.08. The minimum absolute atomic E-state index is 0.213. The van der Waals surface area contributed by atoms with Gasteiger partial charge in [0.15, 0.2) is 4.80 Å². The summed E-state index contributed by atoms with van der Waals surface area (Å²) in [5.74, 6) is 1.30. The molecule has 2 aromatic heterocycles. The fourth-order valence-electron chi connectivity index (χ4n) is 3.83. The number of nitrogens with zero attached hydrogens (tertiary/aromatic N) is 2. The first kappa shape index (κ1) is 22.0. The summed E-state index contributed by atoms with van der Waals surface area (Å²) < 4.78 is 13.0.